The molecule has 1 aliphatic rings. The predicted molar refractivity (Wildman–Crippen MR) is 65.7 cm³/mol. The Balaban J connectivity index is 1.97. The second-order valence-corrected chi connectivity index (χ2v) is 3.91. The number of anilines is 1. The first-order chi connectivity index (χ1) is 8.72. The van der Waals surface area contributed by atoms with Crippen LogP contribution in [-0.2, 0) is 4.74 Å². The number of carbonyl (C=O) groups excluding carboxylic acids is 1. The number of aromatic nitrogens is 2. The van der Waals surface area contributed by atoms with Crippen molar-refractivity contribution in [1.29, 1.82) is 0 Å². The molecule has 0 saturated carbocycles. The zero-order valence-electron chi connectivity index (χ0n) is 10.3. The van der Waals surface area contributed by atoms with Gasteiger partial charge in [-0.25, -0.2) is 9.78 Å². The number of nitrogens with one attached hydrogen (secondary N) is 1. The zero-order chi connectivity index (χ0) is 13.0. The SMILES string of the molecule is CCOC(=O)N1CCN(c2ncc[nH]c2=O)CC1. The normalized spacial score (nSPS) is 15.6. The summed E-state index contributed by atoms with van der Waals surface area (Å²) in [5.74, 6) is 0.404. The molecule has 0 aliphatic carbocycles. The third kappa shape index (κ3) is 2.61. The Morgan fingerprint density at radius 2 is 2.17 bits per heavy atom. The van der Waals surface area contributed by atoms with Crippen molar-refractivity contribution in [2.45, 2.75) is 6.92 Å². The molecule has 7 nitrogen and oxygen atoms in total. The van der Waals surface area contributed by atoms with E-state index in [1.807, 2.05) is 4.90 Å². The lowest BCUT2D eigenvalue weighted by molar-refractivity contribution is 0.105. The first kappa shape index (κ1) is 12.4. The molecule has 2 rings (SSSR count). The summed E-state index contributed by atoms with van der Waals surface area (Å²) in [5.41, 5.74) is -0.206. The van der Waals surface area contributed by atoms with E-state index in [4.69, 9.17) is 4.74 Å². The average Bonchev–Trinajstić information content (AvgIpc) is 2.40. The summed E-state index contributed by atoms with van der Waals surface area (Å²) >= 11 is 0. The highest BCUT2D eigenvalue weighted by atomic mass is 16.6. The largest absolute Gasteiger partial charge is 0.450 e. The maximum absolute atomic E-state index is 11.6. The molecule has 1 saturated heterocycles. The van der Waals surface area contributed by atoms with Gasteiger partial charge < -0.3 is 19.5 Å². The molecule has 1 amide bonds. The van der Waals surface area contributed by atoms with Gasteiger partial charge in [-0.3, -0.25) is 4.79 Å². The standard InChI is InChI=1S/C11H16N4O3/c1-2-18-11(17)15-7-5-14(6-8-15)9-10(16)13-4-3-12-9/h3-4H,2,5-8H2,1H3,(H,13,16). The quantitative estimate of drug-likeness (QED) is 0.804. The second kappa shape index (κ2) is 5.52. The van der Waals surface area contributed by atoms with Crippen LogP contribution in [0.3, 0.4) is 0 Å². The molecule has 98 valence electrons. The van der Waals surface area contributed by atoms with Crippen molar-refractivity contribution >= 4 is 11.9 Å². The molecule has 1 aromatic heterocycles. The molecule has 0 aromatic carbocycles. The fraction of sp³-hybridized carbons (Fsp3) is 0.545. The number of rotatable bonds is 2. The number of aromatic amines is 1. The molecular weight excluding hydrogens is 236 g/mol. The van der Waals surface area contributed by atoms with E-state index >= 15 is 0 Å². The van der Waals surface area contributed by atoms with Gasteiger partial charge in [0, 0.05) is 38.6 Å². The van der Waals surface area contributed by atoms with Gasteiger partial charge in [0.25, 0.3) is 5.56 Å². The van der Waals surface area contributed by atoms with Crippen molar-refractivity contribution in [1.82, 2.24) is 14.9 Å². The van der Waals surface area contributed by atoms with Gasteiger partial charge in [0.1, 0.15) is 0 Å². The summed E-state index contributed by atoms with van der Waals surface area (Å²) in [6.45, 7) is 4.39. The van der Waals surface area contributed by atoms with Crippen LogP contribution in [-0.4, -0.2) is 53.7 Å². The third-order valence-electron chi connectivity index (χ3n) is 2.79. The Labute approximate surface area is 104 Å². The molecule has 1 fully saturated rings. The van der Waals surface area contributed by atoms with Gasteiger partial charge in [-0.15, -0.1) is 0 Å². The van der Waals surface area contributed by atoms with Gasteiger partial charge >= 0.3 is 6.09 Å². The van der Waals surface area contributed by atoms with Crippen molar-refractivity contribution in [3.05, 3.63) is 22.7 Å². The van der Waals surface area contributed by atoms with E-state index in [0.717, 1.165) is 0 Å². The first-order valence-corrected chi connectivity index (χ1v) is 5.92. The van der Waals surface area contributed by atoms with Gasteiger partial charge in [-0.2, -0.15) is 0 Å². The van der Waals surface area contributed by atoms with Crippen LogP contribution in [0.1, 0.15) is 6.92 Å². The molecule has 0 atom stereocenters. The lowest BCUT2D eigenvalue weighted by atomic mass is 10.3. The predicted octanol–water partition coefficient (Wildman–Crippen LogP) is 0.0484. The van der Waals surface area contributed by atoms with Crippen LogP contribution in [0.5, 0.6) is 0 Å². The van der Waals surface area contributed by atoms with Gasteiger partial charge in [0.05, 0.1) is 6.61 Å². The lowest BCUT2D eigenvalue weighted by Crippen LogP contribution is -2.50. The van der Waals surface area contributed by atoms with Crippen molar-refractivity contribution in [2.75, 3.05) is 37.7 Å². The van der Waals surface area contributed by atoms with Crippen LogP contribution in [0.4, 0.5) is 10.6 Å². The zero-order valence-corrected chi connectivity index (χ0v) is 10.3. The molecule has 0 radical (unpaired) electrons. The highest BCUT2D eigenvalue weighted by Crippen LogP contribution is 2.08. The van der Waals surface area contributed by atoms with Gasteiger partial charge in [0.2, 0.25) is 0 Å². The summed E-state index contributed by atoms with van der Waals surface area (Å²) in [5, 5.41) is 0. The number of hydrogen-bond donors (Lipinski definition) is 1. The molecular formula is C11H16N4O3. The molecule has 1 aliphatic heterocycles. The number of hydrogen-bond acceptors (Lipinski definition) is 5. The highest BCUT2D eigenvalue weighted by Gasteiger charge is 2.23. The van der Waals surface area contributed by atoms with Gasteiger partial charge in [-0.05, 0) is 6.92 Å². The van der Waals surface area contributed by atoms with Crippen LogP contribution < -0.4 is 10.5 Å². The number of amides is 1. The highest BCUT2D eigenvalue weighted by molar-refractivity contribution is 5.68. The summed E-state index contributed by atoms with van der Waals surface area (Å²) in [7, 11) is 0. The Hall–Kier alpha value is -2.05. The molecule has 0 spiro atoms. The molecule has 1 N–H and O–H groups in total. The van der Waals surface area contributed by atoms with Crippen molar-refractivity contribution in [2.24, 2.45) is 0 Å². The number of piperazine rings is 1. The van der Waals surface area contributed by atoms with Crippen molar-refractivity contribution in [3.8, 4) is 0 Å². The smallest absolute Gasteiger partial charge is 0.409 e. The minimum atomic E-state index is -0.299. The lowest BCUT2D eigenvalue weighted by Gasteiger charge is -2.34. The van der Waals surface area contributed by atoms with E-state index in [2.05, 4.69) is 9.97 Å². The number of carbonyl (C=O) groups is 1. The minimum Gasteiger partial charge on any atom is -0.450 e. The summed E-state index contributed by atoms with van der Waals surface area (Å²) in [6.07, 6.45) is 2.75. The maximum Gasteiger partial charge on any atom is 0.409 e. The number of H-pyrrole nitrogens is 1. The molecule has 0 unspecified atom stereocenters. The van der Waals surface area contributed by atoms with Crippen molar-refractivity contribution in [3.63, 3.8) is 0 Å². The van der Waals surface area contributed by atoms with Crippen LogP contribution >= 0.6 is 0 Å². The number of nitrogens with zero attached hydrogens (tertiary/aromatic N) is 3. The van der Waals surface area contributed by atoms with Gasteiger partial charge in [-0.1, -0.05) is 0 Å². The van der Waals surface area contributed by atoms with E-state index in [-0.39, 0.29) is 11.7 Å². The molecule has 18 heavy (non-hydrogen) atoms. The monoisotopic (exact) mass is 252 g/mol. The second-order valence-electron chi connectivity index (χ2n) is 3.91. The molecule has 2 heterocycles. The fourth-order valence-electron chi connectivity index (χ4n) is 1.88. The minimum absolute atomic E-state index is 0.206. The summed E-state index contributed by atoms with van der Waals surface area (Å²) in [6, 6.07) is 0. The first-order valence-electron chi connectivity index (χ1n) is 5.92. The van der Waals surface area contributed by atoms with Crippen LogP contribution in [0.2, 0.25) is 0 Å². The van der Waals surface area contributed by atoms with E-state index in [1.165, 1.54) is 6.20 Å². The Bertz CT molecular complexity index is 465. The fourth-order valence-corrected chi connectivity index (χ4v) is 1.88. The van der Waals surface area contributed by atoms with Crippen LogP contribution in [0, 0.1) is 0 Å². The maximum atomic E-state index is 11.6. The molecule has 0 bridgehead atoms. The summed E-state index contributed by atoms with van der Waals surface area (Å²) < 4.78 is 4.93. The van der Waals surface area contributed by atoms with Gasteiger partial charge in [0.15, 0.2) is 5.82 Å². The molecule has 1 aromatic rings. The van der Waals surface area contributed by atoms with E-state index in [9.17, 15) is 9.59 Å². The van der Waals surface area contributed by atoms with Crippen molar-refractivity contribution < 1.29 is 9.53 Å². The Kier molecular flexibility index (Phi) is 3.81. The third-order valence-corrected chi connectivity index (χ3v) is 2.79. The van der Waals surface area contributed by atoms with E-state index < -0.39 is 0 Å². The Morgan fingerprint density at radius 1 is 1.44 bits per heavy atom. The molecule has 7 heteroatoms. The van der Waals surface area contributed by atoms with E-state index in [1.54, 1.807) is 18.0 Å². The topological polar surface area (TPSA) is 78.5 Å². The van der Waals surface area contributed by atoms with E-state index in [0.29, 0.717) is 38.6 Å². The van der Waals surface area contributed by atoms with Crippen LogP contribution in [0.15, 0.2) is 17.2 Å². The Morgan fingerprint density at radius 3 is 2.78 bits per heavy atom. The number of ether oxygens (including phenoxy) is 1. The van der Waals surface area contributed by atoms with Crippen LogP contribution in [0.25, 0.3) is 0 Å². The summed E-state index contributed by atoms with van der Waals surface area (Å²) in [4.78, 5) is 33.2. The average molecular weight is 252 g/mol.